The van der Waals surface area contributed by atoms with Gasteiger partial charge in [-0.25, -0.2) is 0 Å². The van der Waals surface area contributed by atoms with Gasteiger partial charge < -0.3 is 5.32 Å². The molecule has 7 aromatic carbocycles. The summed E-state index contributed by atoms with van der Waals surface area (Å²) in [5.74, 6) is 0. The van der Waals surface area contributed by atoms with Crippen molar-refractivity contribution in [3.05, 3.63) is 158 Å². The molecule has 0 aliphatic rings. The van der Waals surface area contributed by atoms with Crippen molar-refractivity contribution in [2.24, 2.45) is 0 Å². The first-order valence-electron chi connectivity index (χ1n) is 13.4. The molecule has 0 aromatic heterocycles. The number of anilines is 2. The summed E-state index contributed by atoms with van der Waals surface area (Å²) in [5, 5.41) is 8.66. The van der Waals surface area contributed by atoms with Gasteiger partial charge in [-0.05, 0) is 91.3 Å². The van der Waals surface area contributed by atoms with E-state index in [-0.39, 0.29) is 0 Å². The maximum atomic E-state index is 3.64. The monoisotopic (exact) mass is 497 g/mol. The molecule has 7 rings (SSSR count). The van der Waals surface area contributed by atoms with Crippen LogP contribution in [0.15, 0.2) is 158 Å². The second-order valence-electron chi connectivity index (χ2n) is 9.95. The minimum Gasteiger partial charge on any atom is -0.356 e. The molecule has 0 unspecified atom stereocenters. The Kier molecular flexibility index (Phi) is 5.88. The second-order valence-corrected chi connectivity index (χ2v) is 9.95. The molecule has 1 nitrogen and oxygen atoms in total. The van der Waals surface area contributed by atoms with Crippen molar-refractivity contribution in [2.75, 3.05) is 5.32 Å². The van der Waals surface area contributed by atoms with Gasteiger partial charge in [-0.3, -0.25) is 0 Å². The summed E-state index contributed by atoms with van der Waals surface area (Å²) in [4.78, 5) is 0. The van der Waals surface area contributed by atoms with Gasteiger partial charge in [-0.2, -0.15) is 0 Å². The van der Waals surface area contributed by atoms with Crippen LogP contribution in [0, 0.1) is 0 Å². The lowest BCUT2D eigenvalue weighted by atomic mass is 9.92. The Bertz CT molecular complexity index is 1920. The molecule has 0 heterocycles. The molecule has 0 atom stereocenters. The average molecular weight is 498 g/mol. The summed E-state index contributed by atoms with van der Waals surface area (Å²) in [6.07, 6.45) is 0. The van der Waals surface area contributed by atoms with Gasteiger partial charge in [0.15, 0.2) is 0 Å². The molecule has 0 saturated carbocycles. The van der Waals surface area contributed by atoms with Crippen molar-refractivity contribution in [1.82, 2.24) is 0 Å². The zero-order chi connectivity index (χ0) is 26.0. The summed E-state index contributed by atoms with van der Waals surface area (Å²) < 4.78 is 0. The molecule has 0 spiro atoms. The maximum absolute atomic E-state index is 3.64. The first kappa shape index (κ1) is 23.0. The fourth-order valence-electron chi connectivity index (χ4n) is 5.37. The van der Waals surface area contributed by atoms with Gasteiger partial charge in [0.2, 0.25) is 0 Å². The van der Waals surface area contributed by atoms with E-state index in [1.54, 1.807) is 0 Å². The first-order valence-corrected chi connectivity index (χ1v) is 13.4. The highest BCUT2D eigenvalue weighted by atomic mass is 14.9. The zero-order valence-corrected chi connectivity index (χ0v) is 21.5. The third-order valence-corrected chi connectivity index (χ3v) is 7.42. The normalized spacial score (nSPS) is 11.1. The molecule has 0 amide bonds. The molecule has 0 aliphatic heterocycles. The fraction of sp³-hybridized carbons (Fsp3) is 0. The van der Waals surface area contributed by atoms with E-state index in [0.717, 1.165) is 11.4 Å². The highest BCUT2D eigenvalue weighted by Gasteiger charge is 2.10. The van der Waals surface area contributed by atoms with E-state index >= 15 is 0 Å². The van der Waals surface area contributed by atoms with Crippen LogP contribution in [0.1, 0.15) is 0 Å². The smallest absolute Gasteiger partial charge is 0.0390 e. The Hall–Kier alpha value is -5.14. The molecule has 0 fully saturated rings. The molecule has 0 radical (unpaired) electrons. The molecule has 184 valence electrons. The number of nitrogens with one attached hydrogen (secondary N) is 1. The largest absolute Gasteiger partial charge is 0.356 e. The van der Waals surface area contributed by atoms with Crippen molar-refractivity contribution in [2.45, 2.75) is 0 Å². The second kappa shape index (κ2) is 9.96. The van der Waals surface area contributed by atoms with Gasteiger partial charge in [0.25, 0.3) is 0 Å². The fourth-order valence-corrected chi connectivity index (χ4v) is 5.37. The average Bonchev–Trinajstić information content (AvgIpc) is 3.01. The lowest BCUT2D eigenvalue weighted by Gasteiger charge is -2.15. The highest BCUT2D eigenvalue weighted by Crippen LogP contribution is 2.36. The van der Waals surface area contributed by atoms with Crippen LogP contribution in [0.25, 0.3) is 54.9 Å². The Morgan fingerprint density at radius 2 is 0.821 bits per heavy atom. The van der Waals surface area contributed by atoms with E-state index in [4.69, 9.17) is 0 Å². The number of rotatable bonds is 5. The van der Waals surface area contributed by atoms with Crippen LogP contribution < -0.4 is 5.32 Å². The Labute approximate surface area is 229 Å². The quantitative estimate of drug-likeness (QED) is 0.249. The van der Waals surface area contributed by atoms with Crippen LogP contribution in [0.2, 0.25) is 0 Å². The van der Waals surface area contributed by atoms with E-state index in [2.05, 4.69) is 163 Å². The van der Waals surface area contributed by atoms with Crippen LogP contribution in [0.5, 0.6) is 0 Å². The number of fused-ring (bicyclic) bond motifs is 2. The van der Waals surface area contributed by atoms with Gasteiger partial charge in [0, 0.05) is 11.4 Å². The predicted molar refractivity (Wildman–Crippen MR) is 167 cm³/mol. The third-order valence-electron chi connectivity index (χ3n) is 7.42. The zero-order valence-electron chi connectivity index (χ0n) is 21.5. The predicted octanol–water partition coefficient (Wildman–Crippen LogP) is 10.7. The maximum Gasteiger partial charge on any atom is 0.0390 e. The Morgan fingerprint density at radius 1 is 0.282 bits per heavy atom. The minimum atomic E-state index is 1.07. The Morgan fingerprint density at radius 3 is 1.51 bits per heavy atom. The van der Waals surface area contributed by atoms with E-state index in [0.29, 0.717) is 0 Å². The van der Waals surface area contributed by atoms with Gasteiger partial charge in [0.05, 0.1) is 0 Å². The molecule has 0 saturated heterocycles. The van der Waals surface area contributed by atoms with Gasteiger partial charge >= 0.3 is 0 Å². The minimum absolute atomic E-state index is 1.07. The Balaban J connectivity index is 1.23. The molecule has 0 bridgehead atoms. The third kappa shape index (κ3) is 4.67. The van der Waals surface area contributed by atoms with Crippen LogP contribution in [-0.4, -0.2) is 0 Å². The number of hydrogen-bond donors (Lipinski definition) is 1. The molecule has 1 N–H and O–H groups in total. The lowest BCUT2D eigenvalue weighted by Crippen LogP contribution is -1.93. The number of hydrogen-bond acceptors (Lipinski definition) is 1. The molecule has 7 aromatic rings. The first-order chi connectivity index (χ1) is 19.3. The van der Waals surface area contributed by atoms with Gasteiger partial charge in [-0.1, -0.05) is 121 Å². The molecule has 39 heavy (non-hydrogen) atoms. The summed E-state index contributed by atoms with van der Waals surface area (Å²) in [7, 11) is 0. The molecule has 1 heteroatoms. The van der Waals surface area contributed by atoms with Crippen LogP contribution in [-0.2, 0) is 0 Å². The van der Waals surface area contributed by atoms with Crippen molar-refractivity contribution < 1.29 is 0 Å². The van der Waals surface area contributed by atoms with Gasteiger partial charge in [-0.15, -0.1) is 0 Å². The summed E-state index contributed by atoms with van der Waals surface area (Å²) in [6.45, 7) is 0. The highest BCUT2D eigenvalue weighted by molar-refractivity contribution is 5.93. The standard InChI is InChI=1S/C38H27N/c1-2-10-30(11-3-1)37-23-22-36(26-38(37)34-17-15-28-9-5-7-13-32(28)25-34)39-35-20-18-29(19-21-35)33-16-14-27-8-4-6-12-31(27)24-33/h1-26,39H. The lowest BCUT2D eigenvalue weighted by molar-refractivity contribution is 1.53. The van der Waals surface area contributed by atoms with E-state index < -0.39 is 0 Å². The summed E-state index contributed by atoms with van der Waals surface area (Å²) in [6, 6.07) is 56.4. The summed E-state index contributed by atoms with van der Waals surface area (Å²) >= 11 is 0. The van der Waals surface area contributed by atoms with Crippen LogP contribution >= 0.6 is 0 Å². The van der Waals surface area contributed by atoms with E-state index in [1.165, 1.54) is 54.9 Å². The van der Waals surface area contributed by atoms with E-state index in [1.807, 2.05) is 0 Å². The van der Waals surface area contributed by atoms with Crippen molar-refractivity contribution >= 4 is 32.9 Å². The molecule has 0 aliphatic carbocycles. The van der Waals surface area contributed by atoms with Crippen molar-refractivity contribution in [3.8, 4) is 33.4 Å². The van der Waals surface area contributed by atoms with E-state index in [9.17, 15) is 0 Å². The van der Waals surface area contributed by atoms with Crippen molar-refractivity contribution in [1.29, 1.82) is 0 Å². The SMILES string of the molecule is c1ccc(-c2ccc(Nc3ccc(-c4ccc5ccccc5c4)cc3)cc2-c2ccc3ccccc3c2)cc1. The van der Waals surface area contributed by atoms with Gasteiger partial charge in [0.1, 0.15) is 0 Å². The van der Waals surface area contributed by atoms with Crippen LogP contribution in [0.3, 0.4) is 0 Å². The number of benzene rings is 7. The molecular weight excluding hydrogens is 470 g/mol. The molecular formula is C38H27N. The van der Waals surface area contributed by atoms with Crippen LogP contribution in [0.4, 0.5) is 11.4 Å². The summed E-state index contributed by atoms with van der Waals surface area (Å²) in [5.41, 5.74) is 9.43. The van der Waals surface area contributed by atoms with Crippen molar-refractivity contribution in [3.63, 3.8) is 0 Å². The topological polar surface area (TPSA) is 12.0 Å².